The second kappa shape index (κ2) is 8.87. The fraction of sp³-hybridized carbons (Fsp3) is 0.625. The van der Waals surface area contributed by atoms with Gasteiger partial charge in [0.2, 0.25) is 5.91 Å². The minimum atomic E-state index is -4.41. The zero-order chi connectivity index (χ0) is 24.7. The number of hydrogen-bond donors (Lipinski definition) is 1. The van der Waals surface area contributed by atoms with E-state index in [1.165, 1.54) is 29.8 Å². The molecule has 0 bridgehead atoms. The van der Waals surface area contributed by atoms with E-state index in [-0.39, 0.29) is 31.6 Å². The molecule has 1 aliphatic carbocycles. The molecule has 1 spiro atoms. The number of carbonyl (C=O) groups is 1. The van der Waals surface area contributed by atoms with Gasteiger partial charge in [-0.05, 0) is 31.4 Å². The molecule has 0 radical (unpaired) electrons. The number of nitrogens with zero attached hydrogens (tertiary/aromatic N) is 3. The summed E-state index contributed by atoms with van der Waals surface area (Å²) in [6, 6.07) is 4.98. The number of aliphatic hydroxyl groups is 1. The third kappa shape index (κ3) is 4.52. The van der Waals surface area contributed by atoms with Gasteiger partial charge in [-0.3, -0.25) is 14.2 Å². The molecule has 2 aliphatic rings. The van der Waals surface area contributed by atoms with Gasteiger partial charge in [-0.2, -0.15) is 13.2 Å². The van der Waals surface area contributed by atoms with Crippen molar-refractivity contribution in [2.45, 2.75) is 63.8 Å². The molecule has 1 aliphatic heterocycles. The highest BCUT2D eigenvalue weighted by atomic mass is 19.4. The smallest absolute Gasteiger partial charge is 0.389 e. The number of fused-ring (bicyclic) bond motifs is 1. The third-order valence-corrected chi connectivity index (χ3v) is 7.57. The van der Waals surface area contributed by atoms with E-state index in [4.69, 9.17) is 4.74 Å². The van der Waals surface area contributed by atoms with Crippen LogP contribution in [0.25, 0.3) is 10.9 Å². The molecule has 34 heavy (non-hydrogen) atoms. The monoisotopic (exact) mass is 481 g/mol. The van der Waals surface area contributed by atoms with E-state index >= 15 is 0 Å². The molecular formula is C24H30F3N3O4. The molecule has 4 rings (SSSR count). The predicted molar refractivity (Wildman–Crippen MR) is 119 cm³/mol. The summed E-state index contributed by atoms with van der Waals surface area (Å²) >= 11 is 0. The second-order valence-corrected chi connectivity index (χ2v) is 9.81. The number of likely N-dealkylation sites (tertiary alicyclic amines) is 1. The number of benzene rings is 1. The van der Waals surface area contributed by atoms with Crippen molar-refractivity contribution < 1.29 is 27.8 Å². The van der Waals surface area contributed by atoms with Crippen molar-refractivity contribution in [3.8, 4) is 5.75 Å². The highest BCUT2D eigenvalue weighted by molar-refractivity contribution is 5.79. The summed E-state index contributed by atoms with van der Waals surface area (Å²) in [4.78, 5) is 31.8. The lowest BCUT2D eigenvalue weighted by Gasteiger charge is -2.52. The van der Waals surface area contributed by atoms with Gasteiger partial charge in [-0.1, -0.05) is 19.8 Å². The number of ether oxygens (including phenoxy) is 1. The van der Waals surface area contributed by atoms with Gasteiger partial charge in [-0.25, -0.2) is 4.98 Å². The summed E-state index contributed by atoms with van der Waals surface area (Å²) in [5, 5.41) is 12.3. The molecule has 1 N–H and O–H groups in total. The average molecular weight is 482 g/mol. The Hall–Kier alpha value is -2.62. The number of methoxy groups -OCH3 is 1. The molecule has 2 fully saturated rings. The first-order valence-electron chi connectivity index (χ1n) is 11.6. The van der Waals surface area contributed by atoms with Crippen molar-refractivity contribution in [1.29, 1.82) is 0 Å². The van der Waals surface area contributed by atoms with Crippen LogP contribution in [0, 0.1) is 11.3 Å². The first-order valence-corrected chi connectivity index (χ1v) is 11.6. The third-order valence-electron chi connectivity index (χ3n) is 7.57. The topological polar surface area (TPSA) is 84.7 Å². The van der Waals surface area contributed by atoms with Gasteiger partial charge in [0.25, 0.3) is 5.56 Å². The molecule has 2 atom stereocenters. The molecule has 186 valence electrons. The Bertz CT molecular complexity index is 1130. The molecule has 10 heteroatoms. The lowest BCUT2D eigenvalue weighted by atomic mass is 9.65. The zero-order valence-electron chi connectivity index (χ0n) is 19.4. The number of rotatable bonds is 5. The van der Waals surface area contributed by atoms with E-state index in [0.717, 1.165) is 12.8 Å². The second-order valence-electron chi connectivity index (χ2n) is 9.81. The van der Waals surface area contributed by atoms with Crippen LogP contribution in [0.2, 0.25) is 0 Å². The van der Waals surface area contributed by atoms with Gasteiger partial charge in [0, 0.05) is 30.5 Å². The van der Waals surface area contributed by atoms with Gasteiger partial charge >= 0.3 is 6.18 Å². The van der Waals surface area contributed by atoms with Crippen molar-refractivity contribution in [2.24, 2.45) is 11.3 Å². The van der Waals surface area contributed by atoms with Crippen molar-refractivity contribution in [2.75, 3.05) is 20.2 Å². The van der Waals surface area contributed by atoms with Crippen LogP contribution in [0.15, 0.2) is 29.3 Å². The summed E-state index contributed by atoms with van der Waals surface area (Å²) < 4.78 is 45.1. The van der Waals surface area contributed by atoms with Crippen LogP contribution in [0.3, 0.4) is 0 Å². The van der Waals surface area contributed by atoms with Gasteiger partial charge in [0.1, 0.15) is 5.75 Å². The molecule has 1 unspecified atom stereocenters. The van der Waals surface area contributed by atoms with E-state index in [1.54, 1.807) is 18.2 Å². The van der Waals surface area contributed by atoms with Crippen molar-refractivity contribution in [3.63, 3.8) is 0 Å². The average Bonchev–Trinajstić information content (AvgIpc) is 3.26. The van der Waals surface area contributed by atoms with E-state index in [1.807, 2.05) is 0 Å². The van der Waals surface area contributed by atoms with Gasteiger partial charge in [0.15, 0.2) is 0 Å². The van der Waals surface area contributed by atoms with Crippen LogP contribution in [0.4, 0.5) is 13.2 Å². The summed E-state index contributed by atoms with van der Waals surface area (Å²) in [6.45, 7) is 1.65. The maximum atomic E-state index is 13.1. The van der Waals surface area contributed by atoms with Crippen LogP contribution in [-0.4, -0.2) is 57.4 Å². The number of aromatic nitrogens is 2. The van der Waals surface area contributed by atoms with Crippen LogP contribution in [0.5, 0.6) is 5.75 Å². The largest absolute Gasteiger partial charge is 0.497 e. The molecule has 1 saturated carbocycles. The number of hydrogen-bond acceptors (Lipinski definition) is 5. The predicted octanol–water partition coefficient (Wildman–Crippen LogP) is 3.52. The minimum absolute atomic E-state index is 0.0148. The molecule has 1 aromatic carbocycles. The van der Waals surface area contributed by atoms with Crippen LogP contribution in [0.1, 0.15) is 45.4 Å². The molecular weight excluding hydrogens is 451 g/mol. The Kier molecular flexibility index (Phi) is 6.39. The number of alkyl halides is 3. The molecule has 1 amide bonds. The lowest BCUT2D eigenvalue weighted by molar-refractivity contribution is -0.172. The Labute approximate surface area is 195 Å². The Balaban J connectivity index is 1.60. The highest BCUT2D eigenvalue weighted by Crippen LogP contribution is 2.51. The Morgan fingerprint density at radius 3 is 2.62 bits per heavy atom. The van der Waals surface area contributed by atoms with E-state index in [0.29, 0.717) is 29.5 Å². The van der Waals surface area contributed by atoms with Crippen molar-refractivity contribution in [3.05, 3.63) is 34.9 Å². The normalized spacial score (nSPS) is 23.4. The van der Waals surface area contributed by atoms with Crippen molar-refractivity contribution in [1.82, 2.24) is 14.5 Å². The zero-order valence-corrected chi connectivity index (χ0v) is 19.4. The maximum absolute atomic E-state index is 13.1. The van der Waals surface area contributed by atoms with E-state index < -0.39 is 35.4 Å². The first kappa shape index (κ1) is 24.5. The van der Waals surface area contributed by atoms with Gasteiger partial charge in [-0.15, -0.1) is 0 Å². The van der Waals surface area contributed by atoms with Gasteiger partial charge in [0.05, 0.1) is 42.9 Å². The number of carbonyl (C=O) groups excluding carboxylic acids is 1. The standard InChI is InChI=1S/C24H30F3N3O4/c1-16(12-24(25,26)27)20(31)29-10-9-23(33,22(13-29)7-3-4-8-22)14-30-15-28-19-11-17(34-2)5-6-18(19)21(30)32/h5-6,11,15-16,33H,3-4,7-10,12-14H2,1-2H3/t16-,23?/m1/s1. The van der Waals surface area contributed by atoms with E-state index in [2.05, 4.69) is 4.98 Å². The van der Waals surface area contributed by atoms with Crippen LogP contribution in [-0.2, 0) is 11.3 Å². The fourth-order valence-electron chi connectivity index (χ4n) is 5.69. The molecule has 2 heterocycles. The lowest BCUT2D eigenvalue weighted by Crippen LogP contribution is -2.62. The highest BCUT2D eigenvalue weighted by Gasteiger charge is 2.56. The summed E-state index contributed by atoms with van der Waals surface area (Å²) in [5.41, 5.74) is -1.75. The Morgan fingerprint density at radius 2 is 1.97 bits per heavy atom. The first-order chi connectivity index (χ1) is 16.0. The van der Waals surface area contributed by atoms with Crippen LogP contribution >= 0.6 is 0 Å². The SMILES string of the molecule is COc1ccc2c(=O)n(CC3(O)CCN(C(=O)[C@H](C)CC(F)(F)F)CC34CCCC4)cnc2c1. The van der Waals surface area contributed by atoms with E-state index in [9.17, 15) is 27.9 Å². The Morgan fingerprint density at radius 1 is 1.26 bits per heavy atom. The minimum Gasteiger partial charge on any atom is -0.497 e. The fourth-order valence-corrected chi connectivity index (χ4v) is 5.69. The molecule has 7 nitrogen and oxygen atoms in total. The number of amides is 1. The molecule has 1 aromatic heterocycles. The van der Waals surface area contributed by atoms with Gasteiger partial charge < -0.3 is 14.7 Å². The van der Waals surface area contributed by atoms with Crippen LogP contribution < -0.4 is 10.3 Å². The summed E-state index contributed by atoms with van der Waals surface area (Å²) in [7, 11) is 1.53. The maximum Gasteiger partial charge on any atom is 0.389 e. The summed E-state index contributed by atoms with van der Waals surface area (Å²) in [5.74, 6) is -1.13. The quantitative estimate of drug-likeness (QED) is 0.707. The summed E-state index contributed by atoms with van der Waals surface area (Å²) in [6.07, 6.45) is -0.978. The number of halogens is 3. The molecule has 1 saturated heterocycles. The molecule has 2 aromatic rings. The van der Waals surface area contributed by atoms with Crippen molar-refractivity contribution >= 4 is 16.8 Å². The number of piperidine rings is 1.